The molecule has 0 fully saturated rings. The van der Waals surface area contributed by atoms with Crippen LogP contribution < -0.4 is 10.2 Å². The van der Waals surface area contributed by atoms with Crippen LogP contribution in [-0.2, 0) is 4.79 Å². The Kier molecular flexibility index (Phi) is 6.51. The monoisotopic (exact) mass is 554 g/mol. The lowest BCUT2D eigenvalue weighted by molar-refractivity contribution is -0.123. The number of aromatic hydroxyl groups is 1. The van der Waals surface area contributed by atoms with Gasteiger partial charge in [-0.3, -0.25) is 4.79 Å². The van der Waals surface area contributed by atoms with E-state index in [4.69, 9.17) is 4.74 Å². The summed E-state index contributed by atoms with van der Waals surface area (Å²) in [6, 6.07) is 15.0. The number of phenolic OH excluding ortho intramolecular Hbond substituents is 1. The van der Waals surface area contributed by atoms with Crippen LogP contribution in [-0.4, -0.2) is 23.8 Å². The molecule has 27 heavy (non-hydrogen) atoms. The second kappa shape index (κ2) is 8.86. The normalized spacial score (nSPS) is 11.1. The predicted octanol–water partition coefficient (Wildman–Crippen LogP) is 5.36. The Bertz CT molecular complexity index is 1040. The Morgan fingerprint density at radius 2 is 1.93 bits per heavy atom. The summed E-state index contributed by atoms with van der Waals surface area (Å²) in [4.78, 5) is 12.0. The molecule has 138 valence electrons. The molecule has 0 aliphatic heterocycles. The van der Waals surface area contributed by atoms with Gasteiger partial charge in [-0.2, -0.15) is 5.10 Å². The Labute approximate surface area is 180 Å². The third kappa shape index (κ3) is 4.88. The minimum atomic E-state index is -0.417. The van der Waals surface area contributed by atoms with Gasteiger partial charge in [0.25, 0.3) is 5.91 Å². The highest BCUT2D eigenvalue weighted by molar-refractivity contribution is 9.11. The van der Waals surface area contributed by atoms with E-state index in [1.807, 2.05) is 30.3 Å². The SMILES string of the molecule is O=C(COc1ccc2ccccc2c1Br)N/N=C/c1cc(Br)cc(Br)c1O. The van der Waals surface area contributed by atoms with Gasteiger partial charge in [-0.05, 0) is 60.8 Å². The minimum Gasteiger partial charge on any atom is -0.506 e. The second-order valence-corrected chi connectivity index (χ2v) is 8.07. The van der Waals surface area contributed by atoms with Crippen LogP contribution in [0.2, 0.25) is 0 Å². The lowest BCUT2D eigenvalue weighted by Gasteiger charge is -2.09. The van der Waals surface area contributed by atoms with Crippen molar-refractivity contribution in [1.29, 1.82) is 0 Å². The summed E-state index contributed by atoms with van der Waals surface area (Å²) in [5.74, 6) is 0.189. The van der Waals surface area contributed by atoms with Gasteiger partial charge < -0.3 is 9.84 Å². The zero-order chi connectivity index (χ0) is 19.4. The second-order valence-electron chi connectivity index (χ2n) is 5.51. The molecule has 1 amide bonds. The van der Waals surface area contributed by atoms with Crippen molar-refractivity contribution in [1.82, 2.24) is 5.43 Å². The van der Waals surface area contributed by atoms with Gasteiger partial charge in [0.05, 0.1) is 15.2 Å². The van der Waals surface area contributed by atoms with Gasteiger partial charge in [-0.25, -0.2) is 5.43 Å². The number of nitrogens with zero attached hydrogens (tertiary/aromatic N) is 1. The van der Waals surface area contributed by atoms with Gasteiger partial charge in [-0.1, -0.05) is 46.3 Å². The smallest absolute Gasteiger partial charge is 0.277 e. The molecule has 0 bridgehead atoms. The molecule has 0 aliphatic rings. The number of nitrogens with one attached hydrogen (secondary N) is 1. The van der Waals surface area contributed by atoms with Gasteiger partial charge in [0.2, 0.25) is 0 Å². The van der Waals surface area contributed by atoms with Crippen LogP contribution in [0.25, 0.3) is 10.8 Å². The van der Waals surface area contributed by atoms with E-state index in [0.29, 0.717) is 15.8 Å². The van der Waals surface area contributed by atoms with E-state index in [9.17, 15) is 9.90 Å². The van der Waals surface area contributed by atoms with E-state index in [2.05, 4.69) is 58.3 Å². The summed E-state index contributed by atoms with van der Waals surface area (Å²) < 4.78 is 7.66. The highest BCUT2D eigenvalue weighted by Crippen LogP contribution is 2.33. The molecule has 0 atom stereocenters. The molecule has 5 nitrogen and oxygen atoms in total. The summed E-state index contributed by atoms with van der Waals surface area (Å²) in [6.45, 7) is -0.192. The molecule has 0 radical (unpaired) electrons. The zero-order valence-electron chi connectivity index (χ0n) is 13.7. The van der Waals surface area contributed by atoms with Crippen molar-refractivity contribution in [3.05, 3.63) is 67.5 Å². The summed E-state index contributed by atoms with van der Waals surface area (Å²) in [5, 5.41) is 15.9. The molecule has 0 saturated carbocycles. The van der Waals surface area contributed by atoms with Gasteiger partial charge in [0.15, 0.2) is 6.61 Å². The third-order valence-corrected chi connectivity index (χ3v) is 5.52. The standard InChI is InChI=1S/C19H13Br3N2O3/c20-13-7-12(19(26)15(21)8-13)9-23-24-17(25)10-27-16-6-5-11-3-1-2-4-14(11)18(16)22/h1-9,26H,10H2,(H,24,25)/b23-9+. The van der Waals surface area contributed by atoms with Crippen molar-refractivity contribution in [3.8, 4) is 11.5 Å². The fourth-order valence-corrected chi connectivity index (χ4v) is 4.22. The van der Waals surface area contributed by atoms with E-state index in [1.54, 1.807) is 18.2 Å². The van der Waals surface area contributed by atoms with Gasteiger partial charge in [0.1, 0.15) is 11.5 Å². The first-order chi connectivity index (χ1) is 13.0. The third-order valence-electron chi connectivity index (χ3n) is 3.64. The zero-order valence-corrected chi connectivity index (χ0v) is 18.5. The van der Waals surface area contributed by atoms with Crippen molar-refractivity contribution in [3.63, 3.8) is 0 Å². The first-order valence-corrected chi connectivity index (χ1v) is 10.1. The molecule has 8 heteroatoms. The summed E-state index contributed by atoms with van der Waals surface area (Å²) in [5.41, 5.74) is 2.83. The largest absolute Gasteiger partial charge is 0.506 e. The van der Waals surface area contributed by atoms with Crippen LogP contribution in [0.5, 0.6) is 11.5 Å². The number of rotatable bonds is 5. The maximum Gasteiger partial charge on any atom is 0.277 e. The first-order valence-electron chi connectivity index (χ1n) is 7.75. The Morgan fingerprint density at radius 3 is 2.74 bits per heavy atom. The average molecular weight is 557 g/mol. The molecule has 3 rings (SSSR count). The fourth-order valence-electron chi connectivity index (χ4n) is 2.36. The number of carbonyl (C=O) groups excluding carboxylic acids is 1. The topological polar surface area (TPSA) is 70.9 Å². The van der Waals surface area contributed by atoms with Crippen LogP contribution in [0.1, 0.15) is 5.56 Å². The molecular weight excluding hydrogens is 544 g/mol. The number of phenols is 1. The van der Waals surface area contributed by atoms with Crippen LogP contribution in [0.15, 0.2) is 67.1 Å². The molecule has 0 spiro atoms. The predicted molar refractivity (Wildman–Crippen MR) is 116 cm³/mol. The fraction of sp³-hybridized carbons (Fsp3) is 0.0526. The maximum atomic E-state index is 12.0. The van der Waals surface area contributed by atoms with E-state index in [1.165, 1.54) is 6.21 Å². The van der Waals surface area contributed by atoms with E-state index < -0.39 is 5.91 Å². The summed E-state index contributed by atoms with van der Waals surface area (Å²) >= 11 is 10.1. The van der Waals surface area contributed by atoms with Crippen molar-refractivity contribution >= 4 is 70.7 Å². The van der Waals surface area contributed by atoms with E-state index >= 15 is 0 Å². The van der Waals surface area contributed by atoms with Crippen LogP contribution in [0, 0.1) is 0 Å². The molecular formula is C19H13Br3N2O3. The highest BCUT2D eigenvalue weighted by atomic mass is 79.9. The molecule has 0 aromatic heterocycles. The highest BCUT2D eigenvalue weighted by Gasteiger charge is 2.09. The molecule has 0 saturated heterocycles. The van der Waals surface area contributed by atoms with Crippen LogP contribution in [0.3, 0.4) is 0 Å². The number of hydrogen-bond donors (Lipinski definition) is 2. The Hall–Kier alpha value is -1.90. The number of ether oxygens (including phenoxy) is 1. The number of carbonyl (C=O) groups is 1. The molecule has 0 aliphatic carbocycles. The quantitative estimate of drug-likeness (QED) is 0.328. The van der Waals surface area contributed by atoms with Crippen LogP contribution >= 0.6 is 47.8 Å². The summed E-state index contributed by atoms with van der Waals surface area (Å²) in [7, 11) is 0. The van der Waals surface area contributed by atoms with Gasteiger partial charge >= 0.3 is 0 Å². The first kappa shape index (κ1) is 19.9. The number of halogens is 3. The van der Waals surface area contributed by atoms with Gasteiger partial charge in [0, 0.05) is 10.0 Å². The van der Waals surface area contributed by atoms with Crippen molar-refractivity contribution in [2.45, 2.75) is 0 Å². The van der Waals surface area contributed by atoms with E-state index in [0.717, 1.165) is 19.7 Å². The number of benzene rings is 3. The maximum absolute atomic E-state index is 12.0. The molecule has 0 heterocycles. The van der Waals surface area contributed by atoms with E-state index in [-0.39, 0.29) is 12.4 Å². The average Bonchev–Trinajstić information content (AvgIpc) is 2.65. The number of hydrazone groups is 1. The molecule has 3 aromatic carbocycles. The Morgan fingerprint density at radius 1 is 1.15 bits per heavy atom. The molecule has 0 unspecified atom stereocenters. The van der Waals surface area contributed by atoms with Crippen molar-refractivity contribution in [2.24, 2.45) is 5.10 Å². The lowest BCUT2D eigenvalue weighted by Crippen LogP contribution is -2.24. The molecule has 2 N–H and O–H groups in total. The number of hydrogen-bond acceptors (Lipinski definition) is 4. The number of amides is 1. The van der Waals surface area contributed by atoms with Crippen molar-refractivity contribution in [2.75, 3.05) is 6.61 Å². The van der Waals surface area contributed by atoms with Gasteiger partial charge in [-0.15, -0.1) is 0 Å². The number of fused-ring (bicyclic) bond motifs is 1. The summed E-state index contributed by atoms with van der Waals surface area (Å²) in [6.07, 6.45) is 1.36. The lowest BCUT2D eigenvalue weighted by atomic mass is 10.1. The van der Waals surface area contributed by atoms with Crippen LogP contribution in [0.4, 0.5) is 0 Å². The molecule has 3 aromatic rings. The Balaban J connectivity index is 1.61. The van der Waals surface area contributed by atoms with Crippen molar-refractivity contribution < 1.29 is 14.6 Å². The minimum absolute atomic E-state index is 0.0348.